The largest absolute Gasteiger partial charge is 0.423 e. The van der Waals surface area contributed by atoms with E-state index >= 15 is 0 Å². The van der Waals surface area contributed by atoms with Gasteiger partial charge in [-0.1, -0.05) is 32.9 Å². The highest BCUT2D eigenvalue weighted by atomic mass is 16.5. The molecule has 2 aromatic heterocycles. The van der Waals surface area contributed by atoms with Crippen LogP contribution in [-0.4, -0.2) is 48.2 Å². The summed E-state index contributed by atoms with van der Waals surface area (Å²) >= 11 is 0. The van der Waals surface area contributed by atoms with Gasteiger partial charge in [0.25, 0.3) is 6.01 Å². The molecule has 4 rings (SSSR count). The number of rotatable bonds is 4. The summed E-state index contributed by atoms with van der Waals surface area (Å²) in [6.07, 6.45) is 0. The highest BCUT2D eigenvalue weighted by Crippen LogP contribution is 2.26. The van der Waals surface area contributed by atoms with Gasteiger partial charge in [0.15, 0.2) is 5.58 Å². The fourth-order valence-corrected chi connectivity index (χ4v) is 3.32. The summed E-state index contributed by atoms with van der Waals surface area (Å²) in [5, 5.41) is 0. The molecule has 1 saturated heterocycles. The first-order valence-corrected chi connectivity index (χ1v) is 9.67. The van der Waals surface area contributed by atoms with Crippen molar-refractivity contribution in [2.75, 3.05) is 43.1 Å². The van der Waals surface area contributed by atoms with Crippen LogP contribution < -0.4 is 9.80 Å². The molecule has 0 aliphatic carbocycles. The zero-order valence-electron chi connectivity index (χ0n) is 17.0. The van der Waals surface area contributed by atoms with Crippen LogP contribution in [0, 0.1) is 0 Å². The molecule has 1 fully saturated rings. The van der Waals surface area contributed by atoms with Crippen molar-refractivity contribution >= 4 is 22.9 Å². The number of piperazine rings is 1. The minimum absolute atomic E-state index is 0.113. The number of methoxy groups -OCH3 is 1. The zero-order chi connectivity index (χ0) is 19.7. The van der Waals surface area contributed by atoms with Gasteiger partial charge in [-0.05, 0) is 12.1 Å². The molecule has 3 heterocycles. The van der Waals surface area contributed by atoms with Crippen molar-refractivity contribution < 1.29 is 9.15 Å². The molecular formula is C21H27N5O2. The van der Waals surface area contributed by atoms with Crippen molar-refractivity contribution in [1.82, 2.24) is 15.0 Å². The smallest absolute Gasteiger partial charge is 0.298 e. The average Bonchev–Trinajstić information content (AvgIpc) is 3.12. The van der Waals surface area contributed by atoms with Crippen LogP contribution in [0.4, 0.5) is 11.8 Å². The van der Waals surface area contributed by atoms with E-state index in [4.69, 9.17) is 14.1 Å². The van der Waals surface area contributed by atoms with E-state index in [1.54, 1.807) is 7.11 Å². The fraction of sp³-hybridized carbons (Fsp3) is 0.476. The molecule has 0 unspecified atom stereocenters. The number of hydrogen-bond acceptors (Lipinski definition) is 7. The Labute approximate surface area is 165 Å². The van der Waals surface area contributed by atoms with Gasteiger partial charge >= 0.3 is 0 Å². The highest BCUT2D eigenvalue weighted by molar-refractivity contribution is 5.74. The normalized spacial score (nSPS) is 15.4. The summed E-state index contributed by atoms with van der Waals surface area (Å²) < 4.78 is 11.2. The Morgan fingerprint density at radius 3 is 2.39 bits per heavy atom. The van der Waals surface area contributed by atoms with E-state index in [0.29, 0.717) is 12.6 Å². The summed E-state index contributed by atoms with van der Waals surface area (Å²) in [5.41, 5.74) is 2.53. The molecular weight excluding hydrogens is 354 g/mol. The van der Waals surface area contributed by atoms with Crippen LogP contribution in [0.5, 0.6) is 0 Å². The van der Waals surface area contributed by atoms with Crippen molar-refractivity contribution in [2.24, 2.45) is 0 Å². The lowest BCUT2D eigenvalue weighted by atomic mass is 9.95. The fourth-order valence-electron chi connectivity index (χ4n) is 3.32. The maximum absolute atomic E-state index is 5.92. The molecule has 7 heteroatoms. The van der Waals surface area contributed by atoms with E-state index in [1.165, 1.54) is 0 Å². The third-order valence-corrected chi connectivity index (χ3v) is 4.89. The molecule has 0 radical (unpaired) electrons. The minimum atomic E-state index is -0.113. The van der Waals surface area contributed by atoms with Gasteiger partial charge in [-0.25, -0.2) is 9.97 Å². The van der Waals surface area contributed by atoms with Gasteiger partial charge in [-0.2, -0.15) is 4.98 Å². The summed E-state index contributed by atoms with van der Waals surface area (Å²) in [5.74, 6) is 1.81. The molecule has 7 nitrogen and oxygen atoms in total. The van der Waals surface area contributed by atoms with E-state index in [1.807, 2.05) is 30.3 Å². The number of oxazole rings is 1. The van der Waals surface area contributed by atoms with Gasteiger partial charge in [0, 0.05) is 44.8 Å². The van der Waals surface area contributed by atoms with Crippen LogP contribution in [0.25, 0.3) is 11.1 Å². The first kappa shape index (κ1) is 18.7. The Balaban J connectivity index is 1.52. The van der Waals surface area contributed by atoms with Gasteiger partial charge in [0.1, 0.15) is 17.2 Å². The monoisotopic (exact) mass is 381 g/mol. The Morgan fingerprint density at radius 1 is 1.00 bits per heavy atom. The lowest BCUT2D eigenvalue weighted by Gasteiger charge is -2.35. The maximum Gasteiger partial charge on any atom is 0.298 e. The van der Waals surface area contributed by atoms with Crippen LogP contribution in [0.1, 0.15) is 32.3 Å². The number of hydrogen-bond donors (Lipinski definition) is 0. The molecule has 0 atom stereocenters. The van der Waals surface area contributed by atoms with Gasteiger partial charge in [-0.15, -0.1) is 0 Å². The number of fused-ring (bicyclic) bond motifs is 1. The third kappa shape index (κ3) is 3.80. The number of aromatic nitrogens is 3. The quantitative estimate of drug-likeness (QED) is 0.686. The van der Waals surface area contributed by atoms with E-state index in [-0.39, 0.29) is 5.41 Å². The van der Waals surface area contributed by atoms with E-state index in [9.17, 15) is 0 Å². The lowest BCUT2D eigenvalue weighted by molar-refractivity contribution is 0.181. The highest BCUT2D eigenvalue weighted by Gasteiger charge is 2.25. The lowest BCUT2D eigenvalue weighted by Crippen LogP contribution is -2.47. The zero-order valence-corrected chi connectivity index (χ0v) is 17.0. The summed E-state index contributed by atoms with van der Waals surface area (Å²) in [4.78, 5) is 18.6. The molecule has 0 saturated carbocycles. The van der Waals surface area contributed by atoms with Gasteiger partial charge < -0.3 is 19.0 Å². The van der Waals surface area contributed by atoms with Gasteiger partial charge in [-0.3, -0.25) is 0 Å². The summed E-state index contributed by atoms with van der Waals surface area (Å²) in [6.45, 7) is 10.3. The Bertz CT molecular complexity index is 922. The average molecular weight is 381 g/mol. The van der Waals surface area contributed by atoms with Gasteiger partial charge in [0.05, 0.1) is 12.3 Å². The number of ether oxygens (including phenoxy) is 1. The van der Waals surface area contributed by atoms with Crippen molar-refractivity contribution in [1.29, 1.82) is 0 Å². The molecule has 0 spiro atoms. The Hall–Kier alpha value is -2.67. The molecule has 1 aromatic carbocycles. The molecule has 148 valence electrons. The first-order valence-electron chi connectivity index (χ1n) is 9.67. The number of para-hydroxylation sites is 2. The topological polar surface area (TPSA) is 67.5 Å². The molecule has 1 aliphatic rings. The standard InChI is InChI=1S/C21H27N5O2/c1-21(2,3)19-22-15(14-27-4)13-18(24-19)25-9-11-26(12-10-25)20-23-16-7-5-6-8-17(16)28-20/h5-8,13H,9-12,14H2,1-4H3. The second-order valence-electron chi connectivity index (χ2n) is 8.16. The van der Waals surface area contributed by atoms with Crippen LogP contribution in [0.2, 0.25) is 0 Å². The van der Waals surface area contributed by atoms with Crippen LogP contribution >= 0.6 is 0 Å². The SMILES string of the molecule is COCc1cc(N2CCN(c3nc4ccccc4o3)CC2)nc(C(C)(C)C)n1. The Morgan fingerprint density at radius 2 is 1.71 bits per heavy atom. The number of nitrogens with zero attached hydrogens (tertiary/aromatic N) is 5. The van der Waals surface area contributed by atoms with E-state index in [2.05, 4.69) is 40.5 Å². The van der Waals surface area contributed by atoms with E-state index in [0.717, 1.165) is 54.6 Å². The Kier molecular flexibility index (Phi) is 4.93. The predicted octanol–water partition coefficient (Wildman–Crippen LogP) is 3.39. The molecule has 0 bridgehead atoms. The summed E-state index contributed by atoms with van der Waals surface area (Å²) in [7, 11) is 1.69. The summed E-state index contributed by atoms with van der Waals surface area (Å²) in [6, 6.07) is 10.6. The van der Waals surface area contributed by atoms with Gasteiger partial charge in [0.2, 0.25) is 0 Å². The van der Waals surface area contributed by atoms with Crippen molar-refractivity contribution in [3.05, 3.63) is 41.9 Å². The molecule has 0 amide bonds. The first-order chi connectivity index (χ1) is 13.4. The number of benzene rings is 1. The second kappa shape index (κ2) is 7.39. The van der Waals surface area contributed by atoms with Crippen LogP contribution in [0.15, 0.2) is 34.7 Å². The molecule has 3 aromatic rings. The number of anilines is 2. The van der Waals surface area contributed by atoms with Crippen molar-refractivity contribution in [3.8, 4) is 0 Å². The van der Waals surface area contributed by atoms with Crippen molar-refractivity contribution in [2.45, 2.75) is 32.8 Å². The molecule has 28 heavy (non-hydrogen) atoms. The van der Waals surface area contributed by atoms with Crippen molar-refractivity contribution in [3.63, 3.8) is 0 Å². The second-order valence-corrected chi connectivity index (χ2v) is 8.16. The maximum atomic E-state index is 5.92. The molecule has 1 aliphatic heterocycles. The third-order valence-electron chi connectivity index (χ3n) is 4.89. The van der Waals surface area contributed by atoms with E-state index < -0.39 is 0 Å². The minimum Gasteiger partial charge on any atom is -0.423 e. The van der Waals surface area contributed by atoms with Crippen LogP contribution in [0.3, 0.4) is 0 Å². The van der Waals surface area contributed by atoms with Crippen LogP contribution in [-0.2, 0) is 16.8 Å². The predicted molar refractivity (Wildman–Crippen MR) is 110 cm³/mol. The molecule has 0 N–H and O–H groups in total.